The monoisotopic (exact) mass is 532 g/mol. The number of aliphatic imine (C=N–C) groups is 1. The van der Waals surface area contributed by atoms with Crippen molar-refractivity contribution in [2.45, 2.75) is 11.8 Å². The van der Waals surface area contributed by atoms with Gasteiger partial charge in [0, 0.05) is 43.5 Å². The van der Waals surface area contributed by atoms with E-state index in [-0.39, 0.29) is 42.2 Å². The number of hydrogen-bond acceptors (Lipinski definition) is 4. The molecule has 2 heterocycles. The molecule has 1 amide bonds. The van der Waals surface area contributed by atoms with Gasteiger partial charge in [0.2, 0.25) is 5.91 Å². The van der Waals surface area contributed by atoms with Crippen molar-refractivity contribution >= 4 is 53.3 Å². The van der Waals surface area contributed by atoms with E-state index in [1.807, 2.05) is 25.1 Å². The summed E-state index contributed by atoms with van der Waals surface area (Å²) >= 11 is 1.63. The normalized spacial score (nSPS) is 14.7. The van der Waals surface area contributed by atoms with Gasteiger partial charge in [-0.05, 0) is 31.2 Å². The van der Waals surface area contributed by atoms with Crippen molar-refractivity contribution in [3.63, 3.8) is 0 Å². The van der Waals surface area contributed by atoms with E-state index in [1.165, 1.54) is 12.1 Å². The van der Waals surface area contributed by atoms with E-state index in [1.54, 1.807) is 39.7 Å². The molecule has 1 aromatic carbocycles. The fourth-order valence-electron chi connectivity index (χ4n) is 2.95. The first-order chi connectivity index (χ1) is 13.6. The molecule has 1 aliphatic heterocycles. The number of piperazine rings is 1. The van der Waals surface area contributed by atoms with E-state index in [9.17, 15) is 9.18 Å². The van der Waals surface area contributed by atoms with Gasteiger partial charge in [-0.3, -0.25) is 14.5 Å². The van der Waals surface area contributed by atoms with Crippen LogP contribution in [0.2, 0.25) is 0 Å². The number of carbonyl (C=O) groups excluding carboxylic acids is 1. The maximum Gasteiger partial charge on any atom is 0.246 e. The predicted octanol–water partition coefficient (Wildman–Crippen LogP) is 2.58. The van der Waals surface area contributed by atoms with Crippen molar-refractivity contribution in [3.05, 3.63) is 42.5 Å². The lowest BCUT2D eigenvalue weighted by molar-refractivity contribution is -0.120. The van der Waals surface area contributed by atoms with Gasteiger partial charge in [-0.2, -0.15) is 5.10 Å². The summed E-state index contributed by atoms with van der Waals surface area (Å²) in [5.41, 5.74) is 0.824. The van der Waals surface area contributed by atoms with Crippen LogP contribution in [0.15, 0.2) is 46.5 Å². The minimum absolute atomic E-state index is 0. The van der Waals surface area contributed by atoms with E-state index in [2.05, 4.69) is 15.4 Å². The fourth-order valence-corrected chi connectivity index (χ4v) is 3.69. The van der Waals surface area contributed by atoms with Crippen molar-refractivity contribution in [2.75, 3.05) is 43.4 Å². The van der Waals surface area contributed by atoms with Crippen LogP contribution in [0.3, 0.4) is 0 Å². The third kappa shape index (κ3) is 6.59. The average molecular weight is 532 g/mol. The minimum atomic E-state index is -0.230. The molecule has 0 saturated carbocycles. The van der Waals surface area contributed by atoms with Crippen molar-refractivity contribution in [1.82, 2.24) is 20.0 Å². The van der Waals surface area contributed by atoms with Gasteiger partial charge < -0.3 is 15.1 Å². The molecule has 158 valence electrons. The number of amides is 1. The van der Waals surface area contributed by atoms with Gasteiger partial charge in [-0.15, -0.1) is 35.7 Å². The Labute approximate surface area is 191 Å². The van der Waals surface area contributed by atoms with E-state index >= 15 is 0 Å². The van der Waals surface area contributed by atoms with Crippen LogP contribution in [0, 0.1) is 5.82 Å². The second-order valence-electron chi connectivity index (χ2n) is 6.38. The molecule has 1 aliphatic rings. The lowest BCUT2D eigenvalue weighted by Crippen LogP contribution is -2.55. The minimum Gasteiger partial charge on any atom is -0.357 e. The van der Waals surface area contributed by atoms with Crippen LogP contribution in [-0.4, -0.2) is 65.0 Å². The summed E-state index contributed by atoms with van der Waals surface area (Å²) < 4.78 is 14.7. The van der Waals surface area contributed by atoms with Crippen LogP contribution in [0.25, 0.3) is 0 Å². The SMILES string of the molecule is CCNC(=NCCSc1ccc(F)cc1)N1CCN(c2cnn(C)c2)C(=O)C1.I. The van der Waals surface area contributed by atoms with Gasteiger partial charge in [-0.1, -0.05) is 0 Å². The standard InChI is InChI=1S/C19H25FN6OS.HI/c1-3-21-19(22-8-11-28-17-6-4-15(20)5-7-17)25-9-10-26(18(27)14-25)16-12-23-24(2)13-16;/h4-7,12-13H,3,8-11,14H2,1-2H3,(H,21,22);1H. The molecule has 29 heavy (non-hydrogen) atoms. The van der Waals surface area contributed by atoms with Gasteiger partial charge >= 0.3 is 0 Å². The Kier molecular flexibility index (Phi) is 9.21. The zero-order valence-electron chi connectivity index (χ0n) is 16.5. The zero-order chi connectivity index (χ0) is 19.9. The molecule has 0 aliphatic carbocycles. The number of guanidine groups is 1. The quantitative estimate of drug-likeness (QED) is 0.204. The Morgan fingerprint density at radius 2 is 2.07 bits per heavy atom. The molecule has 3 rings (SSSR count). The number of aromatic nitrogens is 2. The average Bonchev–Trinajstić information content (AvgIpc) is 3.11. The Morgan fingerprint density at radius 3 is 2.69 bits per heavy atom. The molecule has 7 nitrogen and oxygen atoms in total. The number of anilines is 1. The van der Waals surface area contributed by atoms with Gasteiger partial charge in [0.25, 0.3) is 0 Å². The molecule has 0 atom stereocenters. The Morgan fingerprint density at radius 1 is 1.31 bits per heavy atom. The molecule has 2 aromatic rings. The molecule has 1 aromatic heterocycles. The number of halogens is 2. The summed E-state index contributed by atoms with van der Waals surface area (Å²) in [4.78, 5) is 22.0. The third-order valence-corrected chi connectivity index (χ3v) is 5.29. The van der Waals surface area contributed by atoms with E-state index < -0.39 is 0 Å². The summed E-state index contributed by atoms with van der Waals surface area (Å²) in [6.45, 7) is 4.95. The predicted molar refractivity (Wildman–Crippen MR) is 126 cm³/mol. The largest absolute Gasteiger partial charge is 0.357 e. The molecule has 10 heteroatoms. The second kappa shape index (κ2) is 11.4. The summed E-state index contributed by atoms with van der Waals surface area (Å²) in [5, 5.41) is 7.41. The van der Waals surface area contributed by atoms with Crippen molar-refractivity contribution < 1.29 is 9.18 Å². The van der Waals surface area contributed by atoms with Gasteiger partial charge in [0.05, 0.1) is 18.4 Å². The number of hydrogen-bond donors (Lipinski definition) is 1. The van der Waals surface area contributed by atoms with Gasteiger partial charge in [-0.25, -0.2) is 4.39 Å². The molecular formula is C19H26FIN6OS. The first kappa shape index (κ1) is 23.5. The van der Waals surface area contributed by atoms with E-state index in [4.69, 9.17) is 0 Å². The maximum atomic E-state index is 13.0. The number of thioether (sulfide) groups is 1. The zero-order valence-corrected chi connectivity index (χ0v) is 19.7. The highest BCUT2D eigenvalue weighted by Crippen LogP contribution is 2.18. The number of benzene rings is 1. The number of rotatable bonds is 6. The maximum absolute atomic E-state index is 13.0. The Hall–Kier alpha value is -1.82. The molecule has 0 radical (unpaired) electrons. The molecule has 0 unspecified atom stereocenters. The molecule has 1 N–H and O–H groups in total. The van der Waals surface area contributed by atoms with Gasteiger partial charge in [0.15, 0.2) is 5.96 Å². The number of nitrogens with zero attached hydrogens (tertiary/aromatic N) is 5. The highest BCUT2D eigenvalue weighted by molar-refractivity contribution is 14.0. The molecule has 1 fully saturated rings. The number of carbonyl (C=O) groups is 1. The van der Waals surface area contributed by atoms with Crippen LogP contribution in [-0.2, 0) is 11.8 Å². The third-order valence-electron chi connectivity index (χ3n) is 4.29. The smallest absolute Gasteiger partial charge is 0.246 e. The highest BCUT2D eigenvalue weighted by atomic mass is 127. The van der Waals surface area contributed by atoms with Crippen LogP contribution >= 0.6 is 35.7 Å². The van der Waals surface area contributed by atoms with Crippen LogP contribution in [0.5, 0.6) is 0 Å². The van der Waals surface area contributed by atoms with Crippen molar-refractivity contribution in [1.29, 1.82) is 0 Å². The lowest BCUT2D eigenvalue weighted by Gasteiger charge is -2.35. The topological polar surface area (TPSA) is 65.8 Å². The Bertz CT molecular complexity index is 828. The summed E-state index contributed by atoms with van der Waals surface area (Å²) in [7, 11) is 1.84. The summed E-state index contributed by atoms with van der Waals surface area (Å²) in [6.07, 6.45) is 3.55. The highest BCUT2D eigenvalue weighted by Gasteiger charge is 2.27. The molecular weight excluding hydrogens is 506 g/mol. The first-order valence-electron chi connectivity index (χ1n) is 9.27. The fraction of sp³-hybridized carbons (Fsp3) is 0.421. The van der Waals surface area contributed by atoms with Gasteiger partial charge in [0.1, 0.15) is 12.4 Å². The molecule has 0 spiro atoms. The summed E-state index contributed by atoms with van der Waals surface area (Å²) in [5.74, 6) is 1.34. The molecule has 1 saturated heterocycles. The van der Waals surface area contributed by atoms with E-state index in [0.29, 0.717) is 19.6 Å². The lowest BCUT2D eigenvalue weighted by atomic mass is 10.3. The summed E-state index contributed by atoms with van der Waals surface area (Å²) in [6, 6.07) is 6.46. The second-order valence-corrected chi connectivity index (χ2v) is 7.55. The number of nitrogens with one attached hydrogen (secondary N) is 1. The van der Waals surface area contributed by atoms with E-state index in [0.717, 1.165) is 28.8 Å². The first-order valence-corrected chi connectivity index (χ1v) is 10.3. The van der Waals surface area contributed by atoms with Crippen molar-refractivity contribution in [2.24, 2.45) is 12.0 Å². The Balaban J connectivity index is 0.00000300. The number of aryl methyl sites for hydroxylation is 1. The van der Waals surface area contributed by atoms with Crippen LogP contribution in [0.1, 0.15) is 6.92 Å². The van der Waals surface area contributed by atoms with Crippen LogP contribution in [0.4, 0.5) is 10.1 Å². The molecule has 0 bridgehead atoms. The van der Waals surface area contributed by atoms with Crippen LogP contribution < -0.4 is 10.2 Å². The van der Waals surface area contributed by atoms with Crippen molar-refractivity contribution in [3.8, 4) is 0 Å².